The first-order chi connectivity index (χ1) is 7.34. The van der Waals surface area contributed by atoms with Crippen molar-refractivity contribution in [3.8, 4) is 5.75 Å². The van der Waals surface area contributed by atoms with Crippen LogP contribution in [0.15, 0.2) is 48.6 Å². The molecule has 0 spiro atoms. The molecule has 0 saturated carbocycles. The number of phenolic OH excluding ortho intramolecular Hbond substituents is 1. The van der Waals surface area contributed by atoms with E-state index >= 15 is 0 Å². The summed E-state index contributed by atoms with van der Waals surface area (Å²) in [7, 11) is 0. The smallest absolute Gasteiger partial charge is 0.115 e. The SMILES string of the molecule is Oc1ccc(CCNC2C=CC=C2)cc1. The summed E-state index contributed by atoms with van der Waals surface area (Å²) in [5, 5.41) is 12.5. The molecule has 1 aromatic rings. The summed E-state index contributed by atoms with van der Waals surface area (Å²) in [4.78, 5) is 0. The van der Waals surface area contributed by atoms with Gasteiger partial charge in [-0.05, 0) is 24.1 Å². The van der Waals surface area contributed by atoms with Crippen molar-refractivity contribution in [3.63, 3.8) is 0 Å². The van der Waals surface area contributed by atoms with Crippen molar-refractivity contribution in [1.29, 1.82) is 0 Å². The van der Waals surface area contributed by atoms with Gasteiger partial charge in [0, 0.05) is 12.6 Å². The summed E-state index contributed by atoms with van der Waals surface area (Å²) in [5.74, 6) is 0.327. The van der Waals surface area contributed by atoms with E-state index < -0.39 is 0 Å². The van der Waals surface area contributed by atoms with Crippen molar-refractivity contribution in [3.05, 3.63) is 54.1 Å². The highest BCUT2D eigenvalue weighted by atomic mass is 16.3. The third-order valence-corrected chi connectivity index (χ3v) is 2.48. The third-order valence-electron chi connectivity index (χ3n) is 2.48. The van der Waals surface area contributed by atoms with Crippen molar-refractivity contribution in [1.82, 2.24) is 5.32 Å². The van der Waals surface area contributed by atoms with Crippen LogP contribution < -0.4 is 5.32 Å². The molecule has 0 heterocycles. The van der Waals surface area contributed by atoms with Crippen LogP contribution in [0.1, 0.15) is 5.56 Å². The van der Waals surface area contributed by atoms with Crippen molar-refractivity contribution in [2.75, 3.05) is 6.54 Å². The number of hydrogen-bond donors (Lipinski definition) is 2. The van der Waals surface area contributed by atoms with Gasteiger partial charge in [0.1, 0.15) is 5.75 Å². The maximum Gasteiger partial charge on any atom is 0.115 e. The standard InChI is InChI=1S/C13H15NO/c15-13-7-5-11(6-8-13)9-10-14-12-3-1-2-4-12/h1-8,12,14-15H,9-10H2. The lowest BCUT2D eigenvalue weighted by Crippen LogP contribution is -2.26. The highest BCUT2D eigenvalue weighted by Gasteiger charge is 2.01. The zero-order chi connectivity index (χ0) is 10.5. The van der Waals surface area contributed by atoms with E-state index in [0.29, 0.717) is 11.8 Å². The van der Waals surface area contributed by atoms with E-state index in [9.17, 15) is 0 Å². The molecule has 2 N–H and O–H groups in total. The Bertz CT molecular complexity index is 353. The molecule has 0 unspecified atom stereocenters. The van der Waals surface area contributed by atoms with Gasteiger partial charge in [-0.15, -0.1) is 0 Å². The molecule has 0 aliphatic heterocycles. The number of aromatic hydroxyl groups is 1. The normalized spacial score (nSPS) is 14.9. The van der Waals surface area contributed by atoms with Gasteiger partial charge in [0.25, 0.3) is 0 Å². The Kier molecular flexibility index (Phi) is 3.20. The average Bonchev–Trinajstić information content (AvgIpc) is 2.74. The molecule has 0 atom stereocenters. The topological polar surface area (TPSA) is 32.3 Å². The van der Waals surface area contributed by atoms with E-state index in [2.05, 4.69) is 29.6 Å². The van der Waals surface area contributed by atoms with Crippen LogP contribution in [-0.4, -0.2) is 17.7 Å². The maximum absolute atomic E-state index is 9.12. The molecule has 0 amide bonds. The second-order valence-electron chi connectivity index (χ2n) is 3.67. The Labute approximate surface area is 89.9 Å². The molecule has 2 heteroatoms. The van der Waals surface area contributed by atoms with Crippen molar-refractivity contribution in [2.24, 2.45) is 0 Å². The Balaban J connectivity index is 1.76. The summed E-state index contributed by atoms with van der Waals surface area (Å²) < 4.78 is 0. The lowest BCUT2D eigenvalue weighted by atomic mass is 10.1. The van der Waals surface area contributed by atoms with E-state index in [-0.39, 0.29) is 0 Å². The van der Waals surface area contributed by atoms with Gasteiger partial charge in [0.05, 0.1) is 0 Å². The highest BCUT2D eigenvalue weighted by Crippen LogP contribution is 2.09. The molecule has 0 aromatic heterocycles. The molecule has 1 aromatic carbocycles. The fourth-order valence-electron chi connectivity index (χ4n) is 1.61. The molecular weight excluding hydrogens is 186 g/mol. The van der Waals surface area contributed by atoms with Gasteiger partial charge in [-0.3, -0.25) is 0 Å². The molecule has 1 aliphatic carbocycles. The monoisotopic (exact) mass is 201 g/mol. The van der Waals surface area contributed by atoms with Crippen LogP contribution in [0.25, 0.3) is 0 Å². The Hall–Kier alpha value is -1.54. The van der Waals surface area contributed by atoms with Crippen LogP contribution in [0.2, 0.25) is 0 Å². The van der Waals surface area contributed by atoms with E-state index in [1.807, 2.05) is 12.1 Å². The molecule has 2 rings (SSSR count). The van der Waals surface area contributed by atoms with Crippen molar-refractivity contribution >= 4 is 0 Å². The minimum absolute atomic E-state index is 0.327. The molecule has 0 radical (unpaired) electrons. The first kappa shape index (κ1) is 9.99. The lowest BCUT2D eigenvalue weighted by Gasteiger charge is -2.08. The number of benzene rings is 1. The fourth-order valence-corrected chi connectivity index (χ4v) is 1.61. The number of phenols is 1. The molecule has 0 bridgehead atoms. The van der Waals surface area contributed by atoms with Crippen LogP contribution >= 0.6 is 0 Å². The Morgan fingerprint density at radius 2 is 1.73 bits per heavy atom. The van der Waals surface area contributed by atoms with E-state index in [1.165, 1.54) is 5.56 Å². The van der Waals surface area contributed by atoms with Gasteiger partial charge < -0.3 is 10.4 Å². The van der Waals surface area contributed by atoms with Gasteiger partial charge in [0.15, 0.2) is 0 Å². The van der Waals surface area contributed by atoms with Crippen molar-refractivity contribution < 1.29 is 5.11 Å². The minimum Gasteiger partial charge on any atom is -0.508 e. The summed E-state index contributed by atoms with van der Waals surface area (Å²) in [6.45, 7) is 0.949. The number of nitrogens with one attached hydrogen (secondary N) is 1. The molecular formula is C13H15NO. The van der Waals surface area contributed by atoms with Crippen LogP contribution in [0, 0.1) is 0 Å². The van der Waals surface area contributed by atoms with Crippen LogP contribution in [0.4, 0.5) is 0 Å². The quantitative estimate of drug-likeness (QED) is 0.781. The predicted octanol–water partition coefficient (Wildman–Crippen LogP) is 2.02. The summed E-state index contributed by atoms with van der Waals surface area (Å²) in [5.41, 5.74) is 1.24. The molecule has 2 nitrogen and oxygen atoms in total. The fraction of sp³-hybridized carbons (Fsp3) is 0.231. The van der Waals surface area contributed by atoms with Gasteiger partial charge >= 0.3 is 0 Å². The highest BCUT2D eigenvalue weighted by molar-refractivity contribution is 5.26. The van der Waals surface area contributed by atoms with E-state index in [4.69, 9.17) is 5.11 Å². The third kappa shape index (κ3) is 2.96. The second kappa shape index (κ2) is 4.80. The van der Waals surface area contributed by atoms with Crippen LogP contribution in [0.5, 0.6) is 5.75 Å². The van der Waals surface area contributed by atoms with Crippen LogP contribution in [-0.2, 0) is 6.42 Å². The second-order valence-corrected chi connectivity index (χ2v) is 3.67. The minimum atomic E-state index is 0.327. The molecule has 0 fully saturated rings. The van der Waals surface area contributed by atoms with E-state index in [0.717, 1.165) is 13.0 Å². The Morgan fingerprint density at radius 1 is 1.07 bits per heavy atom. The molecule has 1 aliphatic rings. The molecule has 78 valence electrons. The van der Waals surface area contributed by atoms with Crippen molar-refractivity contribution in [2.45, 2.75) is 12.5 Å². The van der Waals surface area contributed by atoms with E-state index in [1.54, 1.807) is 12.1 Å². The van der Waals surface area contributed by atoms with Gasteiger partial charge in [0.2, 0.25) is 0 Å². The predicted molar refractivity (Wildman–Crippen MR) is 61.9 cm³/mol. The first-order valence-corrected chi connectivity index (χ1v) is 5.21. The number of allylic oxidation sites excluding steroid dienone is 2. The summed E-state index contributed by atoms with van der Waals surface area (Å²) >= 11 is 0. The summed E-state index contributed by atoms with van der Waals surface area (Å²) in [6, 6.07) is 7.76. The van der Waals surface area contributed by atoms with Gasteiger partial charge in [-0.1, -0.05) is 36.4 Å². The maximum atomic E-state index is 9.12. The zero-order valence-electron chi connectivity index (χ0n) is 8.56. The van der Waals surface area contributed by atoms with Crippen LogP contribution in [0.3, 0.4) is 0 Å². The van der Waals surface area contributed by atoms with Gasteiger partial charge in [-0.25, -0.2) is 0 Å². The Morgan fingerprint density at radius 3 is 2.40 bits per heavy atom. The number of hydrogen-bond acceptors (Lipinski definition) is 2. The summed E-state index contributed by atoms with van der Waals surface area (Å²) in [6.07, 6.45) is 9.36. The molecule has 0 saturated heterocycles. The first-order valence-electron chi connectivity index (χ1n) is 5.21. The number of rotatable bonds is 4. The van der Waals surface area contributed by atoms with Gasteiger partial charge in [-0.2, -0.15) is 0 Å². The average molecular weight is 201 g/mol. The molecule has 15 heavy (non-hydrogen) atoms. The lowest BCUT2D eigenvalue weighted by molar-refractivity contribution is 0.475. The largest absolute Gasteiger partial charge is 0.508 e. The zero-order valence-corrected chi connectivity index (χ0v) is 8.56.